The molecule has 41 heavy (non-hydrogen) atoms. The van der Waals surface area contributed by atoms with E-state index in [9.17, 15) is 14.7 Å². The van der Waals surface area contributed by atoms with Crippen molar-refractivity contribution < 1.29 is 33.3 Å². The highest BCUT2D eigenvalue weighted by molar-refractivity contribution is 5.86. The second-order valence-corrected chi connectivity index (χ2v) is 10.4. The summed E-state index contributed by atoms with van der Waals surface area (Å²) in [7, 11) is 3.00. The molecule has 0 radical (unpaired) electrons. The van der Waals surface area contributed by atoms with Crippen LogP contribution in [0.25, 0.3) is 11.1 Å². The van der Waals surface area contributed by atoms with Gasteiger partial charge in [-0.2, -0.15) is 0 Å². The number of para-hydroxylation sites is 2. The standard InChI is InChI=1S/C34H29FO6/c1-39-26-17-9-5-13-22(26)28-30(32(36)37)29(23-14-6-10-18-27(23)40-2)31(28)33(38)41-19-34(35)24-15-7-3-11-20(24)21-12-4-8-16-25(21)34/h3-18,28-31H,19H2,1-2H3,(H,36,37)/t28-,29?,30-,31?/m0/s1. The molecule has 4 atom stereocenters. The van der Waals surface area contributed by atoms with Gasteiger partial charge >= 0.3 is 11.9 Å². The number of ether oxygens (including phenoxy) is 3. The zero-order chi connectivity index (χ0) is 28.7. The summed E-state index contributed by atoms with van der Waals surface area (Å²) in [6.07, 6.45) is 0. The minimum atomic E-state index is -2.04. The van der Waals surface area contributed by atoms with E-state index in [1.807, 2.05) is 24.3 Å². The number of hydrogen-bond acceptors (Lipinski definition) is 5. The van der Waals surface area contributed by atoms with Gasteiger partial charge in [-0.05, 0) is 34.4 Å². The average Bonchev–Trinajstić information content (AvgIpc) is 3.24. The van der Waals surface area contributed by atoms with Crippen LogP contribution in [0.2, 0.25) is 0 Å². The molecule has 2 unspecified atom stereocenters. The Hall–Kier alpha value is -4.65. The second-order valence-electron chi connectivity index (χ2n) is 10.4. The first kappa shape index (κ1) is 26.6. The number of rotatable bonds is 8. The Balaban J connectivity index is 1.40. The highest BCUT2D eigenvalue weighted by atomic mass is 19.1. The molecule has 208 valence electrons. The maximum absolute atomic E-state index is 16.9. The van der Waals surface area contributed by atoms with E-state index < -0.39 is 47.9 Å². The Labute approximate surface area is 237 Å². The maximum Gasteiger partial charge on any atom is 0.310 e. The average molecular weight is 553 g/mol. The lowest BCUT2D eigenvalue weighted by molar-refractivity contribution is -0.166. The van der Waals surface area contributed by atoms with Crippen molar-refractivity contribution in [2.45, 2.75) is 17.5 Å². The van der Waals surface area contributed by atoms with Crippen LogP contribution in [0.3, 0.4) is 0 Å². The number of fused-ring (bicyclic) bond motifs is 3. The fourth-order valence-electron chi connectivity index (χ4n) is 6.70. The van der Waals surface area contributed by atoms with Crippen LogP contribution < -0.4 is 9.47 Å². The fourth-order valence-corrected chi connectivity index (χ4v) is 6.70. The number of carbonyl (C=O) groups excluding carboxylic acids is 1. The largest absolute Gasteiger partial charge is 0.496 e. The molecule has 2 aliphatic carbocycles. The molecule has 0 aromatic heterocycles. The number of carboxylic acid groups (broad SMARTS) is 1. The highest BCUT2D eigenvalue weighted by Gasteiger charge is 2.61. The number of carboxylic acids is 1. The highest BCUT2D eigenvalue weighted by Crippen LogP contribution is 2.61. The van der Waals surface area contributed by atoms with Crippen LogP contribution in [0.4, 0.5) is 4.39 Å². The Morgan fingerprint density at radius 1 is 0.707 bits per heavy atom. The van der Waals surface area contributed by atoms with E-state index in [2.05, 4.69) is 0 Å². The van der Waals surface area contributed by atoms with Gasteiger partial charge in [-0.25, -0.2) is 4.39 Å². The summed E-state index contributed by atoms with van der Waals surface area (Å²) in [6, 6.07) is 28.5. The second kappa shape index (κ2) is 10.4. The van der Waals surface area contributed by atoms with E-state index in [0.29, 0.717) is 33.8 Å². The van der Waals surface area contributed by atoms with Crippen molar-refractivity contribution in [3.8, 4) is 22.6 Å². The fraction of sp³-hybridized carbons (Fsp3) is 0.235. The summed E-state index contributed by atoms with van der Waals surface area (Å²) in [5.41, 5.74) is 1.52. The van der Waals surface area contributed by atoms with Gasteiger partial charge in [0.2, 0.25) is 0 Å². The number of carbonyl (C=O) groups is 2. The molecule has 1 fully saturated rings. The smallest absolute Gasteiger partial charge is 0.310 e. The molecule has 7 heteroatoms. The van der Waals surface area contributed by atoms with Gasteiger partial charge in [-0.15, -0.1) is 0 Å². The van der Waals surface area contributed by atoms with Gasteiger partial charge in [-0.1, -0.05) is 84.9 Å². The molecule has 0 bridgehead atoms. The molecular weight excluding hydrogens is 523 g/mol. The van der Waals surface area contributed by atoms with Crippen molar-refractivity contribution in [2.75, 3.05) is 20.8 Å². The van der Waals surface area contributed by atoms with E-state index in [4.69, 9.17) is 14.2 Å². The SMILES string of the molecule is COc1ccccc1C1C(C(=O)OCC2(F)c3ccccc3-c3ccccc32)[C@@H](c2ccccc2OC)[C@@H]1C(=O)O. The summed E-state index contributed by atoms with van der Waals surface area (Å²) in [5, 5.41) is 10.4. The van der Waals surface area contributed by atoms with Gasteiger partial charge in [0.15, 0.2) is 5.67 Å². The van der Waals surface area contributed by atoms with Crippen molar-refractivity contribution in [3.05, 3.63) is 119 Å². The number of hydrogen-bond donors (Lipinski definition) is 1. The molecule has 6 nitrogen and oxygen atoms in total. The van der Waals surface area contributed by atoms with Crippen LogP contribution in [0, 0.1) is 11.8 Å². The van der Waals surface area contributed by atoms with E-state index in [-0.39, 0.29) is 0 Å². The molecular formula is C34H29FO6. The number of benzene rings is 4. The molecule has 0 spiro atoms. The van der Waals surface area contributed by atoms with Crippen LogP contribution >= 0.6 is 0 Å². The summed E-state index contributed by atoms with van der Waals surface area (Å²) >= 11 is 0. The van der Waals surface area contributed by atoms with Crippen molar-refractivity contribution in [1.82, 2.24) is 0 Å². The van der Waals surface area contributed by atoms with Crippen molar-refractivity contribution >= 4 is 11.9 Å². The maximum atomic E-state index is 16.9. The minimum Gasteiger partial charge on any atom is -0.496 e. The van der Waals surface area contributed by atoms with Crippen LogP contribution in [-0.2, 0) is 20.0 Å². The van der Waals surface area contributed by atoms with Crippen LogP contribution in [0.15, 0.2) is 97.1 Å². The molecule has 4 aromatic rings. The predicted molar refractivity (Wildman–Crippen MR) is 151 cm³/mol. The van der Waals surface area contributed by atoms with Gasteiger partial charge in [0.05, 0.1) is 26.1 Å². The van der Waals surface area contributed by atoms with E-state index in [1.54, 1.807) is 72.8 Å². The minimum absolute atomic E-state index is 0.438. The molecule has 1 N–H and O–H groups in total. The van der Waals surface area contributed by atoms with Gasteiger partial charge < -0.3 is 19.3 Å². The lowest BCUT2D eigenvalue weighted by Gasteiger charge is -2.49. The van der Waals surface area contributed by atoms with E-state index in [1.165, 1.54) is 14.2 Å². The first-order chi connectivity index (χ1) is 19.9. The molecule has 0 heterocycles. The molecule has 2 aliphatic rings. The van der Waals surface area contributed by atoms with Crippen molar-refractivity contribution in [2.24, 2.45) is 11.8 Å². The van der Waals surface area contributed by atoms with E-state index in [0.717, 1.165) is 11.1 Å². The number of methoxy groups -OCH3 is 2. The molecule has 0 aliphatic heterocycles. The molecule has 6 rings (SSSR count). The predicted octanol–water partition coefficient (Wildman–Crippen LogP) is 6.34. The third-order valence-electron chi connectivity index (χ3n) is 8.51. The number of esters is 1. The van der Waals surface area contributed by atoms with E-state index >= 15 is 4.39 Å². The molecule has 4 aromatic carbocycles. The number of alkyl halides is 1. The lowest BCUT2D eigenvalue weighted by atomic mass is 9.52. The topological polar surface area (TPSA) is 82.1 Å². The van der Waals surface area contributed by atoms with Gasteiger partial charge in [0.25, 0.3) is 0 Å². The molecule has 1 saturated carbocycles. The Morgan fingerprint density at radius 2 is 1.15 bits per heavy atom. The van der Waals surface area contributed by atoms with Crippen molar-refractivity contribution in [1.29, 1.82) is 0 Å². The normalized spacial score (nSPS) is 21.6. The third-order valence-corrected chi connectivity index (χ3v) is 8.51. The number of halogens is 1. The van der Waals surface area contributed by atoms with Crippen LogP contribution in [0.5, 0.6) is 11.5 Å². The zero-order valence-electron chi connectivity index (χ0n) is 22.6. The van der Waals surface area contributed by atoms with Crippen LogP contribution in [-0.4, -0.2) is 37.9 Å². The Bertz CT molecular complexity index is 1530. The summed E-state index contributed by atoms with van der Waals surface area (Å²) in [5.74, 6) is -4.18. The summed E-state index contributed by atoms with van der Waals surface area (Å²) in [6.45, 7) is -0.536. The third kappa shape index (κ3) is 4.15. The lowest BCUT2D eigenvalue weighted by Crippen LogP contribution is -2.52. The van der Waals surface area contributed by atoms with Gasteiger partial charge in [0.1, 0.15) is 18.1 Å². The Kier molecular flexibility index (Phi) is 6.73. The monoisotopic (exact) mass is 552 g/mol. The summed E-state index contributed by atoms with van der Waals surface area (Å²) < 4.78 is 33.9. The van der Waals surface area contributed by atoms with Gasteiger partial charge in [-0.3, -0.25) is 9.59 Å². The quantitative estimate of drug-likeness (QED) is 0.257. The number of aliphatic carboxylic acids is 1. The first-order valence-electron chi connectivity index (χ1n) is 13.4. The van der Waals surface area contributed by atoms with Gasteiger partial charge in [0, 0.05) is 23.0 Å². The molecule has 0 saturated heterocycles. The zero-order valence-corrected chi connectivity index (χ0v) is 22.6. The van der Waals surface area contributed by atoms with Crippen molar-refractivity contribution in [3.63, 3.8) is 0 Å². The first-order valence-corrected chi connectivity index (χ1v) is 13.4. The molecule has 0 amide bonds. The summed E-state index contributed by atoms with van der Waals surface area (Å²) in [4.78, 5) is 26.7. The van der Waals surface area contributed by atoms with Crippen LogP contribution in [0.1, 0.15) is 34.1 Å². The Morgan fingerprint density at radius 3 is 1.61 bits per heavy atom.